The van der Waals surface area contributed by atoms with Gasteiger partial charge in [-0.1, -0.05) is 36.4 Å². The average Bonchev–Trinajstić information content (AvgIpc) is 3.11. The smallest absolute Gasteiger partial charge is 0.171 e. The highest BCUT2D eigenvalue weighted by Gasteiger charge is 2.17. The van der Waals surface area contributed by atoms with Crippen LogP contribution in [0.25, 0.3) is 0 Å². The zero-order valence-electron chi connectivity index (χ0n) is 13.7. The molecule has 0 radical (unpaired) electrons. The molecule has 24 heavy (non-hydrogen) atoms. The van der Waals surface area contributed by atoms with E-state index >= 15 is 0 Å². The lowest BCUT2D eigenvalue weighted by molar-refractivity contribution is 0.476. The number of aryl methyl sites for hydroxylation is 2. The Morgan fingerprint density at radius 3 is 2.42 bits per heavy atom. The normalized spacial score (nSPS) is 11.8. The van der Waals surface area contributed by atoms with Crippen molar-refractivity contribution in [3.63, 3.8) is 0 Å². The Morgan fingerprint density at radius 1 is 0.958 bits per heavy atom. The maximum absolute atomic E-state index is 5.59. The summed E-state index contributed by atoms with van der Waals surface area (Å²) in [6.07, 6.45) is 1.67. The first kappa shape index (κ1) is 16.3. The van der Waals surface area contributed by atoms with E-state index in [-0.39, 0.29) is 6.04 Å². The van der Waals surface area contributed by atoms with Crippen LogP contribution in [-0.4, -0.2) is 5.11 Å². The monoisotopic (exact) mass is 336 g/mol. The van der Waals surface area contributed by atoms with Gasteiger partial charge in [0, 0.05) is 5.69 Å². The topological polar surface area (TPSA) is 37.2 Å². The van der Waals surface area contributed by atoms with Crippen molar-refractivity contribution in [3.05, 3.63) is 89.4 Å². The molecule has 0 spiro atoms. The van der Waals surface area contributed by atoms with Crippen LogP contribution in [0.15, 0.2) is 71.3 Å². The maximum atomic E-state index is 5.59. The Bertz CT molecular complexity index is 813. The lowest BCUT2D eigenvalue weighted by Crippen LogP contribution is -2.32. The van der Waals surface area contributed by atoms with E-state index in [1.165, 1.54) is 11.1 Å². The van der Waals surface area contributed by atoms with E-state index in [9.17, 15) is 0 Å². The fourth-order valence-electron chi connectivity index (χ4n) is 2.54. The average molecular weight is 336 g/mol. The van der Waals surface area contributed by atoms with Gasteiger partial charge in [-0.2, -0.15) is 0 Å². The number of hydrogen-bond acceptors (Lipinski definition) is 2. The predicted octanol–water partition coefficient (Wildman–Crippen LogP) is 4.97. The predicted molar refractivity (Wildman–Crippen MR) is 102 cm³/mol. The number of benzene rings is 2. The lowest BCUT2D eigenvalue weighted by atomic mass is 10.1. The molecule has 0 aliphatic heterocycles. The molecule has 2 N–H and O–H groups in total. The van der Waals surface area contributed by atoms with Crippen LogP contribution >= 0.6 is 12.2 Å². The van der Waals surface area contributed by atoms with Crippen molar-refractivity contribution < 1.29 is 4.42 Å². The molecule has 3 rings (SSSR count). The van der Waals surface area contributed by atoms with Crippen molar-refractivity contribution in [2.24, 2.45) is 0 Å². The van der Waals surface area contributed by atoms with Crippen molar-refractivity contribution in [2.45, 2.75) is 19.9 Å². The standard InChI is InChI=1S/C20H20N2OS/c1-14-10-11-17(13-15(14)2)21-20(24)22-19(18-9-6-12-23-18)16-7-4-3-5-8-16/h3-13,19H,1-2H3,(H2,21,22,24)/t19-/m0/s1. The fourth-order valence-corrected chi connectivity index (χ4v) is 2.77. The first-order valence-electron chi connectivity index (χ1n) is 7.86. The van der Waals surface area contributed by atoms with E-state index in [1.807, 2.05) is 36.4 Å². The molecular formula is C20H20N2OS. The van der Waals surface area contributed by atoms with Crippen molar-refractivity contribution in [3.8, 4) is 0 Å². The van der Waals surface area contributed by atoms with Crippen LogP contribution in [0.4, 0.5) is 5.69 Å². The van der Waals surface area contributed by atoms with Gasteiger partial charge in [-0.25, -0.2) is 0 Å². The first-order valence-corrected chi connectivity index (χ1v) is 8.27. The molecule has 0 unspecified atom stereocenters. The molecule has 0 saturated carbocycles. The van der Waals surface area contributed by atoms with Gasteiger partial charge in [-0.3, -0.25) is 0 Å². The van der Waals surface area contributed by atoms with Gasteiger partial charge in [-0.05, 0) is 67.0 Å². The SMILES string of the molecule is Cc1ccc(NC(=S)N[C@@H](c2ccccc2)c2ccco2)cc1C. The molecule has 1 aromatic heterocycles. The number of furan rings is 1. The Labute approximate surface area is 147 Å². The number of hydrogen-bond donors (Lipinski definition) is 2. The van der Waals surface area contributed by atoms with Gasteiger partial charge in [0.25, 0.3) is 0 Å². The van der Waals surface area contributed by atoms with Gasteiger partial charge < -0.3 is 15.1 Å². The number of thiocarbonyl (C=S) groups is 1. The van der Waals surface area contributed by atoms with Gasteiger partial charge >= 0.3 is 0 Å². The Morgan fingerprint density at radius 2 is 1.75 bits per heavy atom. The van der Waals surface area contributed by atoms with Crippen LogP contribution in [0.1, 0.15) is 28.5 Å². The molecule has 0 saturated heterocycles. The van der Waals surface area contributed by atoms with E-state index in [2.05, 4.69) is 48.7 Å². The molecule has 1 atom stereocenters. The summed E-state index contributed by atoms with van der Waals surface area (Å²) < 4.78 is 5.59. The van der Waals surface area contributed by atoms with E-state index in [0.29, 0.717) is 5.11 Å². The summed E-state index contributed by atoms with van der Waals surface area (Å²) in [5.41, 5.74) is 4.56. The second-order valence-corrected chi connectivity index (χ2v) is 6.16. The highest BCUT2D eigenvalue weighted by molar-refractivity contribution is 7.80. The van der Waals surface area contributed by atoms with E-state index in [4.69, 9.17) is 16.6 Å². The third-order valence-corrected chi connectivity index (χ3v) is 4.22. The first-order chi connectivity index (χ1) is 11.6. The van der Waals surface area contributed by atoms with Gasteiger partial charge in [-0.15, -0.1) is 0 Å². The molecule has 0 aliphatic carbocycles. The van der Waals surface area contributed by atoms with Gasteiger partial charge in [0.2, 0.25) is 0 Å². The van der Waals surface area contributed by atoms with Crippen molar-refractivity contribution in [1.29, 1.82) is 0 Å². The third kappa shape index (κ3) is 3.84. The molecule has 0 fully saturated rings. The van der Waals surface area contributed by atoms with E-state index < -0.39 is 0 Å². The zero-order chi connectivity index (χ0) is 16.9. The van der Waals surface area contributed by atoms with Crippen LogP contribution in [0.2, 0.25) is 0 Å². The quantitative estimate of drug-likeness (QED) is 0.660. The minimum atomic E-state index is -0.132. The van der Waals surface area contributed by atoms with Gasteiger partial charge in [0.15, 0.2) is 5.11 Å². The maximum Gasteiger partial charge on any atom is 0.171 e. The van der Waals surface area contributed by atoms with Crippen molar-refractivity contribution in [2.75, 3.05) is 5.32 Å². The highest BCUT2D eigenvalue weighted by Crippen LogP contribution is 2.23. The van der Waals surface area contributed by atoms with Crippen LogP contribution < -0.4 is 10.6 Å². The van der Waals surface area contributed by atoms with Crippen LogP contribution in [0.5, 0.6) is 0 Å². The van der Waals surface area contributed by atoms with E-state index in [0.717, 1.165) is 17.0 Å². The summed E-state index contributed by atoms with van der Waals surface area (Å²) in [5, 5.41) is 7.15. The number of nitrogens with one attached hydrogen (secondary N) is 2. The summed E-state index contributed by atoms with van der Waals surface area (Å²) in [7, 11) is 0. The molecule has 1 heterocycles. The molecule has 0 bridgehead atoms. The lowest BCUT2D eigenvalue weighted by Gasteiger charge is -2.20. The summed E-state index contributed by atoms with van der Waals surface area (Å²) in [6.45, 7) is 4.19. The second-order valence-electron chi connectivity index (χ2n) is 5.76. The van der Waals surface area contributed by atoms with E-state index in [1.54, 1.807) is 6.26 Å². The molecule has 3 aromatic rings. The van der Waals surface area contributed by atoms with Crippen molar-refractivity contribution >= 4 is 23.0 Å². The van der Waals surface area contributed by atoms with Crippen LogP contribution in [-0.2, 0) is 0 Å². The highest BCUT2D eigenvalue weighted by atomic mass is 32.1. The molecule has 4 heteroatoms. The second kappa shape index (κ2) is 7.32. The zero-order valence-corrected chi connectivity index (χ0v) is 14.6. The minimum absolute atomic E-state index is 0.132. The Hall–Kier alpha value is -2.59. The molecule has 3 nitrogen and oxygen atoms in total. The number of anilines is 1. The summed E-state index contributed by atoms with van der Waals surface area (Å²) >= 11 is 5.50. The summed E-state index contributed by atoms with van der Waals surface area (Å²) in [4.78, 5) is 0. The van der Waals surface area contributed by atoms with Gasteiger partial charge in [0.1, 0.15) is 11.8 Å². The Balaban J connectivity index is 1.77. The number of rotatable bonds is 4. The Kier molecular flexibility index (Phi) is 4.96. The summed E-state index contributed by atoms with van der Waals surface area (Å²) in [6, 6.07) is 20.0. The van der Waals surface area contributed by atoms with Gasteiger partial charge in [0.05, 0.1) is 6.26 Å². The molecule has 2 aromatic carbocycles. The molecular weight excluding hydrogens is 316 g/mol. The summed E-state index contributed by atoms with van der Waals surface area (Å²) in [5.74, 6) is 0.824. The van der Waals surface area contributed by atoms with Crippen molar-refractivity contribution in [1.82, 2.24) is 5.32 Å². The molecule has 122 valence electrons. The van der Waals surface area contributed by atoms with Crippen LogP contribution in [0, 0.1) is 13.8 Å². The molecule has 0 amide bonds. The largest absolute Gasteiger partial charge is 0.467 e. The van der Waals surface area contributed by atoms with Crippen LogP contribution in [0.3, 0.4) is 0 Å². The third-order valence-electron chi connectivity index (χ3n) is 4.00. The fraction of sp³-hybridized carbons (Fsp3) is 0.150. The minimum Gasteiger partial charge on any atom is -0.467 e. The molecule has 0 aliphatic rings.